The van der Waals surface area contributed by atoms with E-state index < -0.39 is 18.3 Å². The van der Waals surface area contributed by atoms with Crippen molar-refractivity contribution in [2.24, 2.45) is 0 Å². The average Bonchev–Trinajstić information content (AvgIpc) is 2.68. The normalized spacial score (nSPS) is 19.7. The van der Waals surface area contributed by atoms with Gasteiger partial charge in [0.1, 0.15) is 5.82 Å². The second-order valence-electron chi connectivity index (χ2n) is 6.66. The van der Waals surface area contributed by atoms with Crippen molar-refractivity contribution in [3.05, 3.63) is 40.6 Å². The van der Waals surface area contributed by atoms with Gasteiger partial charge in [0.2, 0.25) is 0 Å². The summed E-state index contributed by atoms with van der Waals surface area (Å²) < 4.78 is 26.0. The largest absolute Gasteiger partial charge is 0.491 e. The van der Waals surface area contributed by atoms with Gasteiger partial charge in [-0.2, -0.15) is 17.9 Å². The van der Waals surface area contributed by atoms with Gasteiger partial charge in [-0.1, -0.05) is 12.1 Å². The summed E-state index contributed by atoms with van der Waals surface area (Å²) in [6.45, 7) is 7.88. The van der Waals surface area contributed by atoms with Gasteiger partial charge in [0.05, 0.1) is 23.7 Å². The first-order valence-electron chi connectivity index (χ1n) is 7.52. The second kappa shape index (κ2) is 6.68. The molecule has 1 aromatic carbocycles. The Bertz CT molecular complexity index is 651. The van der Waals surface area contributed by atoms with E-state index in [1.54, 1.807) is 18.2 Å². The summed E-state index contributed by atoms with van der Waals surface area (Å²) in [5.41, 5.74) is 1.02. The van der Waals surface area contributed by atoms with Crippen molar-refractivity contribution in [1.82, 2.24) is 0 Å². The van der Waals surface area contributed by atoms with Crippen LogP contribution in [0, 0.1) is 17.1 Å². The molecule has 0 aromatic heterocycles. The molecule has 1 heterocycles. The van der Waals surface area contributed by atoms with E-state index in [4.69, 9.17) is 14.6 Å². The van der Waals surface area contributed by atoms with Crippen LogP contribution in [0.3, 0.4) is 0 Å². The summed E-state index contributed by atoms with van der Waals surface area (Å²) in [4.78, 5) is 0. The van der Waals surface area contributed by atoms with Gasteiger partial charge in [-0.25, -0.2) is 4.39 Å². The number of thiol groups is 1. The zero-order valence-corrected chi connectivity index (χ0v) is 14.8. The van der Waals surface area contributed by atoms with E-state index >= 15 is 0 Å². The molecular weight excluding hydrogens is 312 g/mol. The molecule has 1 aliphatic heterocycles. The van der Waals surface area contributed by atoms with Crippen LogP contribution in [0.15, 0.2) is 23.7 Å². The molecule has 0 radical (unpaired) electrons. The van der Waals surface area contributed by atoms with E-state index in [2.05, 4.69) is 18.7 Å². The molecule has 6 heteroatoms. The van der Waals surface area contributed by atoms with Crippen LogP contribution in [0.4, 0.5) is 4.39 Å². The smallest absolute Gasteiger partial charge is 0.400 e. The predicted octanol–water partition coefficient (Wildman–Crippen LogP) is 3.84. The third kappa shape index (κ3) is 3.80. The Balaban J connectivity index is 2.34. The van der Waals surface area contributed by atoms with Gasteiger partial charge < -0.3 is 9.31 Å². The Hall–Kier alpha value is -1.29. The maximum atomic E-state index is 14.1. The molecule has 0 bridgehead atoms. The number of nitriles is 1. The van der Waals surface area contributed by atoms with Gasteiger partial charge in [0.25, 0.3) is 0 Å². The zero-order valence-electron chi connectivity index (χ0n) is 13.9. The maximum absolute atomic E-state index is 14.1. The Labute approximate surface area is 143 Å². The van der Waals surface area contributed by atoms with Crippen molar-refractivity contribution in [1.29, 1.82) is 5.26 Å². The minimum absolute atomic E-state index is 0.244. The highest BCUT2D eigenvalue weighted by atomic mass is 32.1. The molecule has 0 unspecified atom stereocenters. The van der Waals surface area contributed by atoms with Gasteiger partial charge in [0, 0.05) is 11.3 Å². The number of hydrogen-bond donors (Lipinski definition) is 1. The summed E-state index contributed by atoms with van der Waals surface area (Å²) in [6.07, 6.45) is 1.94. The molecular formula is C17H21BFNO2S. The number of hydrogen-bond acceptors (Lipinski definition) is 4. The average molecular weight is 333 g/mol. The van der Waals surface area contributed by atoms with Crippen LogP contribution in [0.2, 0.25) is 0 Å². The molecule has 0 spiro atoms. The standard InChI is InChI=1S/C17H21BFNO2S/c1-16(2)17(3,4)22-18(21-16)14(11-23)10-13-9-12(7-8-20)5-6-15(13)19/h5-6,9-10,23H,7,11H2,1-4H3. The Morgan fingerprint density at radius 1 is 1.30 bits per heavy atom. The number of rotatable bonds is 4. The summed E-state index contributed by atoms with van der Waals surface area (Å²) in [6, 6.07) is 6.73. The van der Waals surface area contributed by atoms with Gasteiger partial charge in [-0.3, -0.25) is 0 Å². The molecule has 1 fully saturated rings. The lowest BCUT2D eigenvalue weighted by molar-refractivity contribution is 0.00578. The summed E-state index contributed by atoms with van der Waals surface area (Å²) in [7, 11) is -0.559. The van der Waals surface area contributed by atoms with E-state index in [0.29, 0.717) is 11.3 Å². The minimum Gasteiger partial charge on any atom is -0.400 e. The van der Waals surface area contributed by atoms with Crippen LogP contribution in [0.5, 0.6) is 0 Å². The fourth-order valence-corrected chi connectivity index (χ4v) is 2.53. The molecule has 0 N–H and O–H groups in total. The first-order chi connectivity index (χ1) is 10.7. The van der Waals surface area contributed by atoms with E-state index in [9.17, 15) is 4.39 Å². The first kappa shape index (κ1) is 18.1. The maximum Gasteiger partial charge on any atom is 0.491 e. The molecule has 1 aromatic rings. The SMILES string of the molecule is CC1(C)OB(C(=Cc2cc(CC#N)ccc2F)CS)OC1(C)C. The molecule has 0 saturated carbocycles. The van der Waals surface area contributed by atoms with E-state index in [1.165, 1.54) is 6.07 Å². The number of nitrogens with zero attached hydrogens (tertiary/aromatic N) is 1. The Morgan fingerprint density at radius 2 is 1.91 bits per heavy atom. The molecule has 122 valence electrons. The highest BCUT2D eigenvalue weighted by molar-refractivity contribution is 7.80. The monoisotopic (exact) mass is 333 g/mol. The first-order valence-corrected chi connectivity index (χ1v) is 8.16. The van der Waals surface area contributed by atoms with Gasteiger partial charge in [-0.15, -0.1) is 0 Å². The van der Waals surface area contributed by atoms with Crippen LogP contribution in [-0.4, -0.2) is 24.1 Å². The predicted molar refractivity (Wildman–Crippen MR) is 93.6 cm³/mol. The highest BCUT2D eigenvalue weighted by Gasteiger charge is 2.52. The van der Waals surface area contributed by atoms with Crippen LogP contribution in [0.25, 0.3) is 6.08 Å². The van der Waals surface area contributed by atoms with Crippen molar-refractivity contribution < 1.29 is 13.7 Å². The van der Waals surface area contributed by atoms with Gasteiger partial charge in [-0.05, 0) is 50.9 Å². The topological polar surface area (TPSA) is 42.2 Å². The number of halogens is 1. The second-order valence-corrected chi connectivity index (χ2v) is 6.97. The summed E-state index contributed by atoms with van der Waals surface area (Å²) in [5, 5.41) is 8.78. The lowest BCUT2D eigenvalue weighted by Crippen LogP contribution is -2.41. The van der Waals surface area contributed by atoms with E-state index in [-0.39, 0.29) is 12.2 Å². The molecule has 0 atom stereocenters. The van der Waals surface area contributed by atoms with E-state index in [0.717, 1.165) is 11.0 Å². The lowest BCUT2D eigenvalue weighted by atomic mass is 9.78. The van der Waals surface area contributed by atoms with Crippen molar-refractivity contribution in [3.63, 3.8) is 0 Å². The molecule has 23 heavy (non-hydrogen) atoms. The minimum atomic E-state index is -0.559. The zero-order chi connectivity index (χ0) is 17.3. The summed E-state index contributed by atoms with van der Waals surface area (Å²) in [5.74, 6) is 0.0427. The fourth-order valence-electron chi connectivity index (χ4n) is 2.29. The van der Waals surface area contributed by atoms with Crippen LogP contribution >= 0.6 is 12.6 Å². The lowest BCUT2D eigenvalue weighted by Gasteiger charge is -2.32. The molecule has 1 saturated heterocycles. The van der Waals surface area contributed by atoms with Crippen molar-refractivity contribution in [2.75, 3.05) is 5.75 Å². The van der Waals surface area contributed by atoms with Crippen LogP contribution < -0.4 is 0 Å². The van der Waals surface area contributed by atoms with Crippen molar-refractivity contribution in [3.8, 4) is 6.07 Å². The third-order valence-corrected chi connectivity index (χ3v) is 4.79. The van der Waals surface area contributed by atoms with E-state index in [1.807, 2.05) is 27.7 Å². The van der Waals surface area contributed by atoms with Gasteiger partial charge in [0.15, 0.2) is 0 Å². The van der Waals surface area contributed by atoms with Crippen molar-refractivity contribution in [2.45, 2.75) is 45.3 Å². The molecule has 0 aliphatic carbocycles. The van der Waals surface area contributed by atoms with Crippen molar-refractivity contribution >= 4 is 25.8 Å². The molecule has 2 rings (SSSR count). The Morgan fingerprint density at radius 3 is 2.43 bits per heavy atom. The number of benzene rings is 1. The molecule has 3 nitrogen and oxygen atoms in total. The van der Waals surface area contributed by atoms with Gasteiger partial charge >= 0.3 is 7.12 Å². The third-order valence-electron chi connectivity index (χ3n) is 4.42. The van der Waals surface area contributed by atoms with Crippen LogP contribution in [0.1, 0.15) is 38.8 Å². The Kier molecular flexibility index (Phi) is 5.25. The van der Waals surface area contributed by atoms with Crippen LogP contribution in [-0.2, 0) is 15.7 Å². The summed E-state index contributed by atoms with van der Waals surface area (Å²) >= 11 is 4.33. The molecule has 0 amide bonds. The fraction of sp³-hybridized carbons (Fsp3) is 0.471. The molecule has 1 aliphatic rings. The quantitative estimate of drug-likeness (QED) is 0.672. The highest BCUT2D eigenvalue weighted by Crippen LogP contribution is 2.39.